The third kappa shape index (κ3) is 2.95. The van der Waals surface area contributed by atoms with Crippen LogP contribution in [0.5, 0.6) is 0 Å². The van der Waals surface area contributed by atoms with E-state index in [1.54, 1.807) is 4.98 Å². The number of alkyl halides is 3. The Morgan fingerprint density at radius 3 is 2.62 bits per heavy atom. The van der Waals surface area contributed by atoms with Gasteiger partial charge in [0.1, 0.15) is 16.9 Å². The van der Waals surface area contributed by atoms with Crippen LogP contribution in [0.1, 0.15) is 28.9 Å². The molecule has 1 unspecified atom stereocenters. The largest absolute Gasteiger partial charge is 0.439 e. The summed E-state index contributed by atoms with van der Waals surface area (Å²) in [6, 6.07) is 1.52. The van der Waals surface area contributed by atoms with Gasteiger partial charge in [-0.3, -0.25) is 9.59 Å². The highest BCUT2D eigenvalue weighted by molar-refractivity contribution is 5.94. The highest BCUT2D eigenvalue weighted by atomic mass is 19.4. The number of piperidine rings is 1. The summed E-state index contributed by atoms with van der Waals surface area (Å²) < 4.78 is 42.9. The average Bonchev–Trinajstić information content (AvgIpc) is 2.86. The number of alkyl carbamates (subject to hydrolysis) is 1. The minimum absolute atomic E-state index is 0.0883. The number of aromatic nitrogens is 1. The molecule has 0 saturated carbocycles. The molecule has 10 heteroatoms. The lowest BCUT2D eigenvalue weighted by atomic mass is 9.92. The summed E-state index contributed by atoms with van der Waals surface area (Å²) in [4.78, 5) is 38.6. The lowest BCUT2D eigenvalue weighted by Crippen LogP contribution is -2.53. The number of pyridine rings is 1. The van der Waals surface area contributed by atoms with Gasteiger partial charge in [-0.05, 0) is 25.0 Å². The Morgan fingerprint density at radius 2 is 2.04 bits per heavy atom. The van der Waals surface area contributed by atoms with Crippen molar-refractivity contribution in [1.29, 1.82) is 0 Å². The fraction of sp³-hybridized carbons (Fsp3) is 0.500. The molecule has 1 aromatic rings. The number of H-pyrrole nitrogens is 1. The van der Waals surface area contributed by atoms with Gasteiger partial charge in [0, 0.05) is 6.54 Å². The van der Waals surface area contributed by atoms with Crippen molar-refractivity contribution in [3.8, 4) is 0 Å². The molecule has 3 heterocycles. The first-order valence-corrected chi connectivity index (χ1v) is 7.27. The molecule has 24 heavy (non-hydrogen) atoms. The second-order valence-corrected chi connectivity index (χ2v) is 5.87. The average molecular weight is 345 g/mol. The summed E-state index contributed by atoms with van der Waals surface area (Å²) in [6.45, 7) is 0.669. The number of likely N-dealkylation sites (tertiary alicyclic amines) is 1. The number of nitrogens with one attached hydrogen (secondary N) is 2. The highest BCUT2D eigenvalue weighted by Crippen LogP contribution is 2.29. The molecule has 7 nitrogen and oxygen atoms in total. The topological polar surface area (TPSA) is 91.5 Å². The van der Waals surface area contributed by atoms with E-state index < -0.39 is 35.0 Å². The minimum Gasteiger partial charge on any atom is -0.439 e. The van der Waals surface area contributed by atoms with E-state index in [1.165, 1.54) is 4.90 Å². The molecule has 2 aliphatic rings. The van der Waals surface area contributed by atoms with E-state index in [0.717, 1.165) is 6.07 Å². The highest BCUT2D eigenvalue weighted by Gasteiger charge is 2.45. The summed E-state index contributed by atoms with van der Waals surface area (Å²) in [6.07, 6.45) is -4.14. The molecular formula is C14H14F3N3O4. The van der Waals surface area contributed by atoms with E-state index in [9.17, 15) is 27.6 Å². The van der Waals surface area contributed by atoms with Gasteiger partial charge in [0.05, 0.1) is 13.1 Å². The molecule has 2 aliphatic heterocycles. The van der Waals surface area contributed by atoms with Gasteiger partial charge in [-0.25, -0.2) is 4.79 Å². The number of nitrogens with zero attached hydrogens (tertiary/aromatic N) is 1. The van der Waals surface area contributed by atoms with Crippen LogP contribution < -0.4 is 10.9 Å². The van der Waals surface area contributed by atoms with E-state index in [2.05, 4.69) is 5.32 Å². The van der Waals surface area contributed by atoms with Gasteiger partial charge in [-0.15, -0.1) is 0 Å². The lowest BCUT2D eigenvalue weighted by Gasteiger charge is -2.38. The number of hydrogen-bond donors (Lipinski definition) is 2. The van der Waals surface area contributed by atoms with Crippen LogP contribution in [0.3, 0.4) is 0 Å². The van der Waals surface area contributed by atoms with Gasteiger partial charge in [0.15, 0.2) is 0 Å². The zero-order chi connectivity index (χ0) is 17.5. The third-order valence-corrected chi connectivity index (χ3v) is 4.14. The molecule has 2 N–H and O–H groups in total. The van der Waals surface area contributed by atoms with Crippen molar-refractivity contribution >= 4 is 12.0 Å². The quantitative estimate of drug-likeness (QED) is 0.798. The molecular weight excluding hydrogens is 331 g/mol. The Bertz CT molecular complexity index is 746. The lowest BCUT2D eigenvalue weighted by molar-refractivity contribution is -0.141. The van der Waals surface area contributed by atoms with Gasteiger partial charge in [0.25, 0.3) is 11.5 Å². The zero-order valence-corrected chi connectivity index (χ0v) is 12.4. The van der Waals surface area contributed by atoms with Crippen molar-refractivity contribution in [1.82, 2.24) is 15.2 Å². The Balaban J connectivity index is 1.82. The van der Waals surface area contributed by atoms with Gasteiger partial charge in [-0.1, -0.05) is 0 Å². The molecule has 2 fully saturated rings. The monoisotopic (exact) mass is 345 g/mol. The number of hydrogen-bond acceptors (Lipinski definition) is 4. The van der Waals surface area contributed by atoms with E-state index in [0.29, 0.717) is 25.5 Å². The number of carbonyl (C=O) groups excluding carboxylic acids is 2. The number of ether oxygens (including phenoxy) is 1. The van der Waals surface area contributed by atoms with Crippen LogP contribution in [0.4, 0.5) is 18.0 Å². The van der Waals surface area contributed by atoms with Crippen molar-refractivity contribution in [2.24, 2.45) is 0 Å². The molecule has 2 amide bonds. The van der Waals surface area contributed by atoms with Crippen molar-refractivity contribution in [3.05, 3.63) is 33.7 Å². The van der Waals surface area contributed by atoms with Crippen LogP contribution in [-0.4, -0.2) is 47.1 Å². The molecule has 3 rings (SSSR count). The first-order valence-electron chi connectivity index (χ1n) is 7.27. The van der Waals surface area contributed by atoms with E-state index in [-0.39, 0.29) is 18.7 Å². The smallest absolute Gasteiger partial charge is 0.431 e. The second kappa shape index (κ2) is 5.53. The molecule has 1 spiro atoms. The molecule has 0 aliphatic carbocycles. The van der Waals surface area contributed by atoms with Crippen molar-refractivity contribution in [3.63, 3.8) is 0 Å². The van der Waals surface area contributed by atoms with Gasteiger partial charge in [0.2, 0.25) is 0 Å². The molecule has 2 saturated heterocycles. The maximum Gasteiger partial charge on any atom is 0.431 e. The van der Waals surface area contributed by atoms with E-state index in [4.69, 9.17) is 4.74 Å². The van der Waals surface area contributed by atoms with Crippen LogP contribution in [0, 0.1) is 0 Å². The standard InChI is InChI=1S/C14H14F3N3O4/c15-14(16,17)9-3-2-8(10(21)19-9)11(22)20-5-1-4-13(7-20)6-18-12(23)24-13/h2-3H,1,4-7H2,(H,18,23)(H,19,21). The SMILES string of the molecule is O=C1NCC2(CCCN(C(=O)c3ccc(C(F)(F)F)[nH]c3=O)C2)O1. The predicted molar refractivity (Wildman–Crippen MR) is 74.4 cm³/mol. The Labute approximate surface area is 133 Å². The predicted octanol–water partition coefficient (Wildman–Crippen LogP) is 1.11. The number of carbonyl (C=O) groups is 2. The van der Waals surface area contributed by atoms with Crippen molar-refractivity contribution in [2.45, 2.75) is 24.6 Å². The molecule has 1 atom stereocenters. The molecule has 0 bridgehead atoms. The minimum atomic E-state index is -4.69. The number of aromatic amines is 1. The van der Waals surface area contributed by atoms with Gasteiger partial charge in [-0.2, -0.15) is 13.2 Å². The van der Waals surface area contributed by atoms with Crippen LogP contribution in [0.2, 0.25) is 0 Å². The number of halogens is 3. The zero-order valence-electron chi connectivity index (χ0n) is 12.4. The summed E-state index contributed by atoms with van der Waals surface area (Å²) >= 11 is 0. The van der Waals surface area contributed by atoms with Gasteiger partial charge >= 0.3 is 12.3 Å². The summed E-state index contributed by atoms with van der Waals surface area (Å²) in [5, 5.41) is 2.52. The second-order valence-electron chi connectivity index (χ2n) is 5.87. The fourth-order valence-electron chi connectivity index (χ4n) is 2.98. The first-order chi connectivity index (χ1) is 11.2. The summed E-state index contributed by atoms with van der Waals surface area (Å²) in [7, 11) is 0. The van der Waals surface area contributed by atoms with Crippen LogP contribution in [0.25, 0.3) is 0 Å². The molecule has 130 valence electrons. The number of rotatable bonds is 1. The van der Waals surface area contributed by atoms with E-state index >= 15 is 0 Å². The summed E-state index contributed by atoms with van der Waals surface area (Å²) in [5.41, 5.74) is -3.54. The maximum absolute atomic E-state index is 12.6. The fourth-order valence-corrected chi connectivity index (χ4v) is 2.98. The number of amides is 2. The van der Waals surface area contributed by atoms with Crippen molar-refractivity contribution in [2.75, 3.05) is 19.6 Å². The molecule has 0 radical (unpaired) electrons. The normalized spacial score (nSPS) is 24.0. The van der Waals surface area contributed by atoms with Crippen LogP contribution in [-0.2, 0) is 10.9 Å². The van der Waals surface area contributed by atoms with Crippen molar-refractivity contribution < 1.29 is 27.5 Å². The van der Waals surface area contributed by atoms with E-state index in [1.807, 2.05) is 0 Å². The first kappa shape index (κ1) is 16.3. The van der Waals surface area contributed by atoms with Crippen LogP contribution >= 0.6 is 0 Å². The Morgan fingerprint density at radius 1 is 1.29 bits per heavy atom. The summed E-state index contributed by atoms with van der Waals surface area (Å²) in [5.74, 6) is -0.688. The van der Waals surface area contributed by atoms with Gasteiger partial charge < -0.3 is 19.9 Å². The third-order valence-electron chi connectivity index (χ3n) is 4.14. The Kier molecular flexibility index (Phi) is 3.77. The van der Waals surface area contributed by atoms with Crippen LogP contribution in [0.15, 0.2) is 16.9 Å². The maximum atomic E-state index is 12.6. The molecule has 1 aromatic heterocycles. The molecule has 0 aromatic carbocycles. The Hall–Kier alpha value is -2.52.